The number of aryl methyl sites for hydroxylation is 1. The average molecular weight is 256 g/mol. The Morgan fingerprint density at radius 3 is 2.61 bits per heavy atom. The molecule has 5 heteroatoms. The van der Waals surface area contributed by atoms with Gasteiger partial charge in [-0.3, -0.25) is 4.79 Å². The molecule has 0 saturated heterocycles. The van der Waals surface area contributed by atoms with Crippen molar-refractivity contribution in [3.05, 3.63) is 29.1 Å². The molecular weight excluding hydrogens is 239 g/mol. The number of ether oxygens (including phenoxy) is 2. The van der Waals surface area contributed by atoms with Gasteiger partial charge >= 0.3 is 5.97 Å². The number of carboxylic acid groups (broad SMARTS) is 1. The molecule has 1 aromatic carbocycles. The van der Waals surface area contributed by atoms with Crippen molar-refractivity contribution in [1.82, 2.24) is 0 Å². The van der Waals surface area contributed by atoms with Gasteiger partial charge in [-0.1, -0.05) is 0 Å². The quantitative estimate of drug-likeness (QED) is 0.813. The molecule has 0 bridgehead atoms. The molecule has 1 rings (SSSR count). The summed E-state index contributed by atoms with van der Waals surface area (Å²) in [6.45, 7) is 0.329. The van der Waals surface area contributed by atoms with Gasteiger partial charge in [0.1, 0.15) is 11.6 Å². The van der Waals surface area contributed by atoms with Crippen LogP contribution in [-0.2, 0) is 22.6 Å². The smallest absolute Gasteiger partial charge is 0.303 e. The van der Waals surface area contributed by atoms with Gasteiger partial charge in [-0.05, 0) is 24.5 Å². The lowest BCUT2D eigenvalue weighted by Crippen LogP contribution is -2.01. The van der Waals surface area contributed by atoms with Gasteiger partial charge in [-0.2, -0.15) is 0 Å². The highest BCUT2D eigenvalue weighted by molar-refractivity contribution is 5.66. The molecule has 18 heavy (non-hydrogen) atoms. The highest BCUT2D eigenvalue weighted by Gasteiger charge is 2.11. The molecule has 0 radical (unpaired) electrons. The van der Waals surface area contributed by atoms with Gasteiger partial charge in [0.15, 0.2) is 0 Å². The SMILES string of the molecule is COCc1cc(CCCC(=O)O)c(F)cc1OC. The van der Waals surface area contributed by atoms with E-state index in [1.165, 1.54) is 13.2 Å². The van der Waals surface area contributed by atoms with E-state index in [1.54, 1.807) is 13.2 Å². The third kappa shape index (κ3) is 4.00. The summed E-state index contributed by atoms with van der Waals surface area (Å²) >= 11 is 0. The van der Waals surface area contributed by atoms with Gasteiger partial charge in [0, 0.05) is 25.2 Å². The molecular formula is C13H17FO4. The third-order valence-corrected chi connectivity index (χ3v) is 2.59. The van der Waals surface area contributed by atoms with Gasteiger partial charge < -0.3 is 14.6 Å². The van der Waals surface area contributed by atoms with E-state index in [0.717, 1.165) is 5.56 Å². The number of aliphatic carboxylic acids is 1. The van der Waals surface area contributed by atoms with Gasteiger partial charge in [0.25, 0.3) is 0 Å². The first-order chi connectivity index (χ1) is 8.58. The maximum Gasteiger partial charge on any atom is 0.303 e. The predicted octanol–water partition coefficient (Wildman–Crippen LogP) is 2.39. The van der Waals surface area contributed by atoms with Crippen molar-refractivity contribution in [3.8, 4) is 5.75 Å². The minimum atomic E-state index is -0.874. The monoisotopic (exact) mass is 256 g/mol. The molecule has 0 spiro atoms. The number of carboxylic acids is 1. The van der Waals surface area contributed by atoms with E-state index in [4.69, 9.17) is 14.6 Å². The Morgan fingerprint density at radius 2 is 2.06 bits per heavy atom. The molecule has 0 aliphatic heterocycles. The zero-order valence-electron chi connectivity index (χ0n) is 10.5. The lowest BCUT2D eigenvalue weighted by atomic mass is 10.0. The molecule has 4 nitrogen and oxygen atoms in total. The summed E-state index contributed by atoms with van der Waals surface area (Å²) in [7, 11) is 3.02. The lowest BCUT2D eigenvalue weighted by molar-refractivity contribution is -0.137. The van der Waals surface area contributed by atoms with E-state index in [2.05, 4.69) is 0 Å². The van der Waals surface area contributed by atoms with Crippen molar-refractivity contribution in [3.63, 3.8) is 0 Å². The van der Waals surface area contributed by atoms with Gasteiger partial charge in [-0.15, -0.1) is 0 Å². The number of methoxy groups -OCH3 is 2. The number of hydrogen-bond donors (Lipinski definition) is 1. The lowest BCUT2D eigenvalue weighted by Gasteiger charge is -2.11. The normalized spacial score (nSPS) is 10.4. The third-order valence-electron chi connectivity index (χ3n) is 2.59. The Morgan fingerprint density at radius 1 is 1.33 bits per heavy atom. The van der Waals surface area contributed by atoms with Crippen LogP contribution in [-0.4, -0.2) is 25.3 Å². The molecule has 0 aliphatic rings. The summed E-state index contributed by atoms with van der Waals surface area (Å²) in [6.07, 6.45) is 0.828. The van der Waals surface area contributed by atoms with E-state index in [0.29, 0.717) is 30.8 Å². The second-order valence-electron chi connectivity index (χ2n) is 3.94. The maximum absolute atomic E-state index is 13.7. The predicted molar refractivity (Wildman–Crippen MR) is 64.2 cm³/mol. The Bertz CT molecular complexity index is 418. The molecule has 0 saturated carbocycles. The number of halogens is 1. The van der Waals surface area contributed by atoms with Crippen LogP contribution in [0.5, 0.6) is 5.75 Å². The maximum atomic E-state index is 13.7. The van der Waals surface area contributed by atoms with Crippen LogP contribution in [0.2, 0.25) is 0 Å². The summed E-state index contributed by atoms with van der Waals surface area (Å²) in [4.78, 5) is 10.4. The average Bonchev–Trinajstić information content (AvgIpc) is 2.32. The van der Waals surface area contributed by atoms with Crippen molar-refractivity contribution in [2.24, 2.45) is 0 Å². The molecule has 100 valence electrons. The van der Waals surface area contributed by atoms with Crippen LogP contribution in [0.4, 0.5) is 4.39 Å². The van der Waals surface area contributed by atoms with Crippen molar-refractivity contribution in [2.45, 2.75) is 25.9 Å². The Kier molecular flexibility index (Phi) is 5.58. The first-order valence-electron chi connectivity index (χ1n) is 5.64. The fraction of sp³-hybridized carbons (Fsp3) is 0.462. The number of hydrogen-bond acceptors (Lipinski definition) is 3. The highest BCUT2D eigenvalue weighted by Crippen LogP contribution is 2.24. The summed E-state index contributed by atoms with van der Waals surface area (Å²) in [5.41, 5.74) is 1.25. The zero-order chi connectivity index (χ0) is 13.5. The molecule has 0 fully saturated rings. The fourth-order valence-electron chi connectivity index (χ4n) is 1.73. The standard InChI is InChI=1S/C13H17FO4/c1-17-8-10-6-9(4-3-5-13(15)16)11(14)7-12(10)18-2/h6-7H,3-5,8H2,1-2H3,(H,15,16). The van der Waals surface area contributed by atoms with E-state index < -0.39 is 5.97 Å². The molecule has 0 aliphatic carbocycles. The number of rotatable bonds is 7. The Balaban J connectivity index is 2.83. The molecule has 1 N–H and O–H groups in total. The Hall–Kier alpha value is -1.62. The van der Waals surface area contributed by atoms with E-state index in [9.17, 15) is 9.18 Å². The first kappa shape index (κ1) is 14.4. The number of benzene rings is 1. The van der Waals surface area contributed by atoms with Crippen LogP contribution in [0.3, 0.4) is 0 Å². The summed E-state index contributed by atoms with van der Waals surface area (Å²) in [6, 6.07) is 2.98. The van der Waals surface area contributed by atoms with Gasteiger partial charge in [0.05, 0.1) is 13.7 Å². The number of carbonyl (C=O) groups is 1. The minimum absolute atomic E-state index is 0.0328. The topological polar surface area (TPSA) is 55.8 Å². The van der Waals surface area contributed by atoms with E-state index >= 15 is 0 Å². The van der Waals surface area contributed by atoms with Crippen LogP contribution in [0.15, 0.2) is 12.1 Å². The van der Waals surface area contributed by atoms with E-state index in [-0.39, 0.29) is 12.2 Å². The van der Waals surface area contributed by atoms with Crippen LogP contribution in [0.1, 0.15) is 24.0 Å². The van der Waals surface area contributed by atoms with Crippen LogP contribution >= 0.6 is 0 Å². The molecule has 0 amide bonds. The van der Waals surface area contributed by atoms with Crippen LogP contribution < -0.4 is 4.74 Å². The molecule has 1 aromatic rings. The van der Waals surface area contributed by atoms with Crippen molar-refractivity contribution in [1.29, 1.82) is 0 Å². The second-order valence-corrected chi connectivity index (χ2v) is 3.94. The summed E-state index contributed by atoms with van der Waals surface area (Å²) in [5, 5.41) is 8.55. The second kappa shape index (κ2) is 6.96. The first-order valence-corrected chi connectivity index (χ1v) is 5.64. The molecule has 0 heterocycles. The summed E-state index contributed by atoms with van der Waals surface area (Å²) < 4.78 is 23.8. The van der Waals surface area contributed by atoms with Gasteiger partial charge in [0.2, 0.25) is 0 Å². The van der Waals surface area contributed by atoms with Crippen LogP contribution in [0.25, 0.3) is 0 Å². The molecule has 0 atom stereocenters. The minimum Gasteiger partial charge on any atom is -0.496 e. The van der Waals surface area contributed by atoms with Crippen molar-refractivity contribution >= 4 is 5.97 Å². The van der Waals surface area contributed by atoms with Crippen LogP contribution in [0, 0.1) is 5.82 Å². The van der Waals surface area contributed by atoms with E-state index in [1.807, 2.05) is 0 Å². The zero-order valence-corrected chi connectivity index (χ0v) is 10.5. The molecule has 0 unspecified atom stereocenters. The largest absolute Gasteiger partial charge is 0.496 e. The summed E-state index contributed by atoms with van der Waals surface area (Å²) in [5.74, 6) is -0.811. The molecule has 0 aromatic heterocycles. The highest BCUT2D eigenvalue weighted by atomic mass is 19.1. The van der Waals surface area contributed by atoms with Crippen molar-refractivity contribution in [2.75, 3.05) is 14.2 Å². The Labute approximate surface area is 105 Å². The fourth-order valence-corrected chi connectivity index (χ4v) is 1.73. The van der Waals surface area contributed by atoms with Gasteiger partial charge in [-0.25, -0.2) is 4.39 Å². The van der Waals surface area contributed by atoms with Crippen molar-refractivity contribution < 1.29 is 23.8 Å².